The molecule has 2 unspecified atom stereocenters. The summed E-state index contributed by atoms with van der Waals surface area (Å²) in [5.74, 6) is -0.260. The molecule has 36 heavy (non-hydrogen) atoms. The van der Waals surface area contributed by atoms with Crippen LogP contribution in [0.3, 0.4) is 0 Å². The lowest BCUT2D eigenvalue weighted by molar-refractivity contribution is -0.139. The highest BCUT2D eigenvalue weighted by atomic mass is 32.1. The van der Waals surface area contributed by atoms with E-state index in [2.05, 4.69) is 29.8 Å². The largest absolute Gasteiger partial charge is 0.497 e. The van der Waals surface area contributed by atoms with Gasteiger partial charge in [-0.3, -0.25) is 9.59 Å². The molecule has 0 aliphatic heterocycles. The van der Waals surface area contributed by atoms with E-state index >= 15 is 0 Å². The van der Waals surface area contributed by atoms with Crippen molar-refractivity contribution in [2.24, 2.45) is 0 Å². The summed E-state index contributed by atoms with van der Waals surface area (Å²) in [6.45, 7) is 10.9. The van der Waals surface area contributed by atoms with Crippen LogP contribution in [0.4, 0.5) is 10.5 Å². The van der Waals surface area contributed by atoms with E-state index in [-0.39, 0.29) is 12.3 Å². The monoisotopic (exact) mass is 513 g/mol. The van der Waals surface area contributed by atoms with Crippen LogP contribution in [0.1, 0.15) is 37.9 Å². The van der Waals surface area contributed by atoms with Crippen LogP contribution in [-0.2, 0) is 14.3 Å². The second-order valence-corrected chi connectivity index (χ2v) is 9.56. The number of nitrogens with one attached hydrogen (secondary N) is 2. The van der Waals surface area contributed by atoms with Crippen molar-refractivity contribution in [3.05, 3.63) is 72.3 Å². The van der Waals surface area contributed by atoms with Crippen molar-refractivity contribution in [2.45, 2.75) is 45.4 Å². The average Bonchev–Trinajstić information content (AvgIpc) is 2.82. The molecule has 3 amide bonds. The zero-order chi connectivity index (χ0) is 26.9. The number of methoxy groups -OCH3 is 1. The molecule has 0 aliphatic carbocycles. The first-order valence-electron chi connectivity index (χ1n) is 11.5. The molecule has 0 saturated heterocycles. The van der Waals surface area contributed by atoms with Gasteiger partial charge in [0.25, 0.3) is 5.91 Å². The van der Waals surface area contributed by atoms with Crippen molar-refractivity contribution >= 4 is 36.2 Å². The Balaban J connectivity index is 2.41. The fourth-order valence-electron chi connectivity index (χ4n) is 3.40. The van der Waals surface area contributed by atoms with Crippen molar-refractivity contribution < 1.29 is 23.9 Å². The molecule has 8 nitrogen and oxygen atoms in total. The molecule has 2 aromatic rings. The summed E-state index contributed by atoms with van der Waals surface area (Å²) in [6.07, 6.45) is 0.783. The van der Waals surface area contributed by atoms with Crippen molar-refractivity contribution in [3.63, 3.8) is 0 Å². The number of aryl methyl sites for hydroxylation is 1. The minimum atomic E-state index is -1.02. The lowest BCUT2D eigenvalue weighted by Gasteiger charge is -2.33. The van der Waals surface area contributed by atoms with Crippen molar-refractivity contribution in [3.8, 4) is 5.75 Å². The number of thiol groups is 1. The van der Waals surface area contributed by atoms with Crippen molar-refractivity contribution in [1.82, 2.24) is 10.2 Å². The Hall–Kier alpha value is -3.46. The molecule has 2 rings (SSSR count). The molecule has 2 N–H and O–H groups in total. The van der Waals surface area contributed by atoms with Gasteiger partial charge in [0, 0.05) is 18.0 Å². The molecule has 194 valence electrons. The summed E-state index contributed by atoms with van der Waals surface area (Å²) in [7, 11) is 1.56. The van der Waals surface area contributed by atoms with Crippen LogP contribution >= 0.6 is 12.6 Å². The minimum absolute atomic E-state index is 0.00638. The van der Waals surface area contributed by atoms with Gasteiger partial charge in [-0.05, 0) is 57.5 Å². The average molecular weight is 514 g/mol. The molecule has 9 heteroatoms. The number of nitrogens with zero attached hydrogens (tertiary/aromatic N) is 1. The van der Waals surface area contributed by atoms with Crippen LogP contribution in [0.15, 0.2) is 61.2 Å². The lowest BCUT2D eigenvalue weighted by Crippen LogP contribution is -2.53. The number of carbonyl (C=O) groups is 3. The number of amides is 3. The van der Waals surface area contributed by atoms with Gasteiger partial charge in [0.2, 0.25) is 5.91 Å². The van der Waals surface area contributed by atoms with E-state index in [9.17, 15) is 14.4 Å². The van der Waals surface area contributed by atoms with Crippen LogP contribution in [-0.4, -0.2) is 53.9 Å². The molecule has 0 saturated carbocycles. The summed E-state index contributed by atoms with van der Waals surface area (Å²) >= 11 is 4.27. The standard InChI is InChI=1S/C27H35N3O5S/c1-7-16-30(25(32)22(17-36)29-26(33)35-27(3,4)5)23(19-10-8-18(2)9-11-19)24(31)28-20-12-14-21(34-6)15-13-20/h7-15,22-23,36H,1,16-17H2,2-6H3,(H,28,31)(H,29,33). The quantitative estimate of drug-likeness (QED) is 0.321. The van der Waals surface area contributed by atoms with E-state index < -0.39 is 35.6 Å². The second kappa shape index (κ2) is 13.0. The first-order valence-corrected chi connectivity index (χ1v) is 12.2. The summed E-state index contributed by atoms with van der Waals surface area (Å²) < 4.78 is 10.5. The molecule has 0 fully saturated rings. The van der Waals surface area contributed by atoms with Crippen LogP contribution in [0.2, 0.25) is 0 Å². The summed E-state index contributed by atoms with van der Waals surface area (Å²) in [5.41, 5.74) is 1.42. The Morgan fingerprint density at radius 3 is 2.19 bits per heavy atom. The van der Waals surface area contributed by atoms with E-state index in [1.165, 1.54) is 11.0 Å². The van der Waals surface area contributed by atoms with E-state index in [1.807, 2.05) is 19.1 Å². The van der Waals surface area contributed by atoms with E-state index in [1.54, 1.807) is 64.3 Å². The number of ether oxygens (including phenoxy) is 2. The highest BCUT2D eigenvalue weighted by Crippen LogP contribution is 2.26. The van der Waals surface area contributed by atoms with Gasteiger partial charge < -0.3 is 25.0 Å². The van der Waals surface area contributed by atoms with Gasteiger partial charge in [0.15, 0.2) is 0 Å². The third-order valence-electron chi connectivity index (χ3n) is 5.09. The molecule has 0 radical (unpaired) electrons. The Bertz CT molecular complexity index is 1050. The number of hydrogen-bond donors (Lipinski definition) is 3. The van der Waals surface area contributed by atoms with Crippen LogP contribution < -0.4 is 15.4 Å². The molecule has 0 spiro atoms. The van der Waals surface area contributed by atoms with Gasteiger partial charge in [-0.2, -0.15) is 12.6 Å². The van der Waals surface area contributed by atoms with Crippen molar-refractivity contribution in [1.29, 1.82) is 0 Å². The molecule has 0 heterocycles. The van der Waals surface area contributed by atoms with Gasteiger partial charge in [-0.15, -0.1) is 6.58 Å². The lowest BCUT2D eigenvalue weighted by atomic mass is 10.0. The fourth-order valence-corrected chi connectivity index (χ4v) is 3.65. The van der Waals surface area contributed by atoms with Crippen molar-refractivity contribution in [2.75, 3.05) is 24.7 Å². The number of carbonyl (C=O) groups excluding carboxylic acids is 3. The zero-order valence-electron chi connectivity index (χ0n) is 21.4. The molecule has 2 aromatic carbocycles. The molecule has 0 bridgehead atoms. The summed E-state index contributed by atoms with van der Waals surface area (Å²) in [4.78, 5) is 41.0. The zero-order valence-corrected chi connectivity index (χ0v) is 22.3. The molecular weight excluding hydrogens is 478 g/mol. The fraction of sp³-hybridized carbons (Fsp3) is 0.370. The maximum absolute atomic E-state index is 13.7. The molecule has 0 aromatic heterocycles. The van der Waals surface area contributed by atoms with Crippen LogP contribution in [0.5, 0.6) is 5.75 Å². The van der Waals surface area contributed by atoms with E-state index in [0.29, 0.717) is 17.0 Å². The second-order valence-electron chi connectivity index (χ2n) is 9.19. The first-order chi connectivity index (χ1) is 17.0. The SMILES string of the molecule is C=CCN(C(=O)C(CS)NC(=O)OC(C)(C)C)C(C(=O)Nc1ccc(OC)cc1)c1ccc(C)cc1. The highest BCUT2D eigenvalue weighted by molar-refractivity contribution is 7.80. The third kappa shape index (κ3) is 8.34. The molecule has 0 aliphatic rings. The maximum Gasteiger partial charge on any atom is 0.408 e. The Morgan fingerprint density at radius 1 is 1.08 bits per heavy atom. The third-order valence-corrected chi connectivity index (χ3v) is 5.46. The van der Waals surface area contributed by atoms with Gasteiger partial charge in [-0.25, -0.2) is 4.79 Å². The maximum atomic E-state index is 13.7. The Kier molecular flexibility index (Phi) is 10.4. The minimum Gasteiger partial charge on any atom is -0.497 e. The van der Waals surface area contributed by atoms with Gasteiger partial charge in [0.1, 0.15) is 23.4 Å². The number of benzene rings is 2. The normalized spacial score (nSPS) is 12.6. The van der Waals surface area contributed by atoms with Gasteiger partial charge in [-0.1, -0.05) is 35.9 Å². The predicted molar refractivity (Wildman–Crippen MR) is 144 cm³/mol. The summed E-state index contributed by atoms with van der Waals surface area (Å²) in [5, 5.41) is 5.45. The first kappa shape index (κ1) is 28.8. The topological polar surface area (TPSA) is 97.0 Å². The Labute approximate surface area is 218 Å². The summed E-state index contributed by atoms with van der Waals surface area (Å²) in [6, 6.07) is 12.2. The smallest absolute Gasteiger partial charge is 0.408 e. The van der Waals surface area contributed by atoms with Crippen LogP contribution in [0, 0.1) is 6.92 Å². The number of alkyl carbamates (subject to hydrolysis) is 1. The van der Waals surface area contributed by atoms with Crippen LogP contribution in [0.25, 0.3) is 0 Å². The number of hydrogen-bond acceptors (Lipinski definition) is 6. The molecular formula is C27H35N3O5S. The number of rotatable bonds is 10. The highest BCUT2D eigenvalue weighted by Gasteiger charge is 2.35. The van der Waals surface area contributed by atoms with Gasteiger partial charge >= 0.3 is 6.09 Å². The number of anilines is 1. The van der Waals surface area contributed by atoms with Gasteiger partial charge in [0.05, 0.1) is 7.11 Å². The Morgan fingerprint density at radius 2 is 1.69 bits per heavy atom. The predicted octanol–water partition coefficient (Wildman–Crippen LogP) is 4.52. The van der Waals surface area contributed by atoms with E-state index in [0.717, 1.165) is 5.56 Å². The van der Waals surface area contributed by atoms with E-state index in [4.69, 9.17) is 9.47 Å². The molecule has 2 atom stereocenters.